The highest BCUT2D eigenvalue weighted by molar-refractivity contribution is 5.75. The van der Waals surface area contributed by atoms with Gasteiger partial charge in [0.25, 0.3) is 0 Å². The Kier molecular flexibility index (Phi) is 4.62. The molecule has 0 spiro atoms. The van der Waals surface area contributed by atoms with Gasteiger partial charge >= 0.3 is 6.03 Å². The molecule has 4 bridgehead atoms. The van der Waals surface area contributed by atoms with E-state index in [2.05, 4.69) is 30.5 Å². The summed E-state index contributed by atoms with van der Waals surface area (Å²) in [6.45, 7) is 6.20. The van der Waals surface area contributed by atoms with E-state index in [0.717, 1.165) is 23.5 Å². The molecule has 142 valence electrons. The molecular weight excluding hydrogens is 324 g/mol. The Morgan fingerprint density at radius 3 is 2.19 bits per heavy atom. The molecule has 1 aromatic carbocycles. The number of rotatable bonds is 5. The van der Waals surface area contributed by atoms with Gasteiger partial charge in [0.05, 0.1) is 0 Å². The Bertz CT molecular complexity index is 635. The quantitative estimate of drug-likeness (QED) is 0.744. The molecule has 1 unspecified atom stereocenters. The van der Waals surface area contributed by atoms with Crippen LogP contribution in [-0.2, 0) is 0 Å². The van der Waals surface area contributed by atoms with E-state index in [9.17, 15) is 4.79 Å². The summed E-state index contributed by atoms with van der Waals surface area (Å²) >= 11 is 0. The van der Waals surface area contributed by atoms with Gasteiger partial charge in [-0.05, 0) is 80.8 Å². The molecule has 0 saturated heterocycles. The lowest BCUT2D eigenvalue weighted by Crippen LogP contribution is -2.62. The molecule has 5 rings (SSSR count). The van der Waals surface area contributed by atoms with E-state index in [1.807, 2.05) is 25.1 Å². The number of nitrogens with one attached hydrogen (secondary N) is 2. The lowest BCUT2D eigenvalue weighted by Gasteiger charge is -2.56. The van der Waals surface area contributed by atoms with Crippen LogP contribution in [0.15, 0.2) is 24.3 Å². The number of urea groups is 1. The van der Waals surface area contributed by atoms with Crippen LogP contribution < -0.4 is 15.4 Å². The minimum Gasteiger partial charge on any atom is -0.471 e. The molecule has 2 N–H and O–H groups in total. The fraction of sp³-hybridized carbons (Fsp3) is 0.682. The summed E-state index contributed by atoms with van der Waals surface area (Å²) in [5.41, 5.74) is 1.21. The van der Waals surface area contributed by atoms with E-state index in [0.29, 0.717) is 5.92 Å². The summed E-state index contributed by atoms with van der Waals surface area (Å²) in [4.78, 5) is 12.6. The maximum atomic E-state index is 12.6. The van der Waals surface area contributed by atoms with Gasteiger partial charge in [-0.2, -0.15) is 0 Å². The fourth-order valence-corrected chi connectivity index (χ4v) is 6.01. The summed E-state index contributed by atoms with van der Waals surface area (Å²) in [5.74, 6) is 3.72. The van der Waals surface area contributed by atoms with Gasteiger partial charge < -0.3 is 15.4 Å². The van der Waals surface area contributed by atoms with Crippen molar-refractivity contribution in [2.24, 2.45) is 17.8 Å². The van der Waals surface area contributed by atoms with Crippen LogP contribution in [0.25, 0.3) is 0 Å². The third-order valence-corrected chi connectivity index (χ3v) is 6.60. The van der Waals surface area contributed by atoms with Crippen molar-refractivity contribution in [1.29, 1.82) is 0 Å². The van der Waals surface area contributed by atoms with Gasteiger partial charge in [0.1, 0.15) is 5.75 Å². The van der Waals surface area contributed by atoms with Crippen molar-refractivity contribution in [2.75, 3.05) is 0 Å². The molecule has 4 fully saturated rings. The number of carbonyl (C=O) groups is 1. The Balaban J connectivity index is 1.35. The summed E-state index contributed by atoms with van der Waals surface area (Å²) in [7, 11) is 0. The Labute approximate surface area is 157 Å². The van der Waals surface area contributed by atoms with E-state index in [1.165, 1.54) is 44.1 Å². The van der Waals surface area contributed by atoms with Gasteiger partial charge in [-0.15, -0.1) is 0 Å². The number of hydrogen-bond acceptors (Lipinski definition) is 2. The second-order valence-corrected chi connectivity index (χ2v) is 9.25. The summed E-state index contributed by atoms with van der Waals surface area (Å²) in [5, 5.41) is 6.35. The van der Waals surface area contributed by atoms with Crippen LogP contribution in [0, 0.1) is 17.8 Å². The van der Waals surface area contributed by atoms with E-state index in [-0.39, 0.29) is 17.8 Å². The predicted molar refractivity (Wildman–Crippen MR) is 103 cm³/mol. The average molecular weight is 357 g/mol. The van der Waals surface area contributed by atoms with Crippen LogP contribution in [0.1, 0.15) is 70.8 Å². The van der Waals surface area contributed by atoms with Gasteiger partial charge in [-0.1, -0.05) is 32.0 Å². The maximum Gasteiger partial charge on any atom is 0.318 e. The summed E-state index contributed by atoms with van der Waals surface area (Å²) < 4.78 is 6.03. The molecule has 1 aromatic rings. The van der Waals surface area contributed by atoms with Gasteiger partial charge in [0.2, 0.25) is 0 Å². The zero-order valence-corrected chi connectivity index (χ0v) is 16.3. The molecule has 0 aromatic heterocycles. The number of hydrogen-bond donors (Lipinski definition) is 2. The minimum absolute atomic E-state index is 0.0361. The molecule has 0 heterocycles. The third kappa shape index (κ3) is 3.56. The van der Waals surface area contributed by atoms with Crippen LogP contribution in [0.2, 0.25) is 0 Å². The fourth-order valence-electron chi connectivity index (χ4n) is 6.01. The Morgan fingerprint density at radius 2 is 1.62 bits per heavy atom. The predicted octanol–water partition coefficient (Wildman–Crippen LogP) is 4.80. The Morgan fingerprint density at radius 1 is 1.04 bits per heavy atom. The van der Waals surface area contributed by atoms with Crippen LogP contribution in [0.4, 0.5) is 4.79 Å². The van der Waals surface area contributed by atoms with Crippen molar-refractivity contribution in [2.45, 2.75) is 77.0 Å². The monoisotopic (exact) mass is 356 g/mol. The van der Waals surface area contributed by atoms with Crippen LogP contribution >= 0.6 is 0 Å². The highest BCUT2D eigenvalue weighted by Gasteiger charge is 2.51. The van der Waals surface area contributed by atoms with Crippen molar-refractivity contribution in [1.82, 2.24) is 10.6 Å². The number of ether oxygens (including phenoxy) is 1. The molecule has 2 amide bonds. The molecule has 4 nitrogen and oxygen atoms in total. The molecule has 0 radical (unpaired) electrons. The topological polar surface area (TPSA) is 50.4 Å². The molecule has 4 aliphatic rings. The van der Waals surface area contributed by atoms with Crippen LogP contribution in [0.5, 0.6) is 5.75 Å². The highest BCUT2D eigenvalue weighted by atomic mass is 16.5. The van der Waals surface area contributed by atoms with E-state index < -0.39 is 0 Å². The maximum absolute atomic E-state index is 12.6. The molecule has 26 heavy (non-hydrogen) atoms. The second-order valence-electron chi connectivity index (χ2n) is 9.25. The van der Waals surface area contributed by atoms with E-state index >= 15 is 0 Å². The Hall–Kier alpha value is -1.71. The number of carbonyl (C=O) groups excluding carboxylic acids is 1. The largest absolute Gasteiger partial charge is 0.471 e. The van der Waals surface area contributed by atoms with Gasteiger partial charge in [-0.3, -0.25) is 0 Å². The van der Waals surface area contributed by atoms with Crippen molar-refractivity contribution in [3.05, 3.63) is 29.8 Å². The van der Waals surface area contributed by atoms with Crippen molar-refractivity contribution in [3.8, 4) is 5.75 Å². The molecular formula is C22H32N2O2. The van der Waals surface area contributed by atoms with Gasteiger partial charge in [0.15, 0.2) is 6.23 Å². The number of para-hydroxylation sites is 1. The lowest BCUT2D eigenvalue weighted by molar-refractivity contribution is -0.0141. The van der Waals surface area contributed by atoms with Crippen molar-refractivity contribution >= 4 is 6.03 Å². The van der Waals surface area contributed by atoms with Crippen molar-refractivity contribution < 1.29 is 9.53 Å². The normalized spacial score (nSPS) is 33.2. The molecule has 4 heteroatoms. The SMILES string of the molecule is CC(NC(=O)NC12CC3CC(CC(C3)C1)C2)Oc1ccccc1C(C)C. The zero-order chi connectivity index (χ0) is 18.3. The first-order chi connectivity index (χ1) is 12.4. The first-order valence-electron chi connectivity index (χ1n) is 10.3. The number of benzene rings is 1. The first-order valence-corrected chi connectivity index (χ1v) is 10.3. The first kappa shape index (κ1) is 17.7. The molecule has 0 aliphatic heterocycles. The molecule has 1 atom stereocenters. The highest BCUT2D eigenvalue weighted by Crippen LogP contribution is 2.55. The van der Waals surface area contributed by atoms with E-state index in [4.69, 9.17) is 4.74 Å². The minimum atomic E-state index is -0.358. The summed E-state index contributed by atoms with van der Waals surface area (Å²) in [6.07, 6.45) is 7.28. The zero-order valence-electron chi connectivity index (χ0n) is 16.3. The lowest BCUT2D eigenvalue weighted by atomic mass is 9.53. The standard InChI is InChI=1S/C22H32N2O2/c1-14(2)19-6-4-5-7-20(19)26-15(3)23-21(25)24-22-11-16-8-17(12-22)10-18(9-16)13-22/h4-7,14-18H,8-13H2,1-3H3,(H2,23,24,25). The van der Waals surface area contributed by atoms with Gasteiger partial charge in [-0.25, -0.2) is 4.79 Å². The van der Waals surface area contributed by atoms with Crippen molar-refractivity contribution in [3.63, 3.8) is 0 Å². The van der Waals surface area contributed by atoms with Gasteiger partial charge in [0, 0.05) is 5.54 Å². The molecule has 4 aliphatic carbocycles. The van der Waals surface area contributed by atoms with Crippen LogP contribution in [-0.4, -0.2) is 17.8 Å². The van der Waals surface area contributed by atoms with Crippen LogP contribution in [0.3, 0.4) is 0 Å². The number of amides is 2. The average Bonchev–Trinajstić information content (AvgIpc) is 2.52. The molecule has 4 saturated carbocycles. The third-order valence-electron chi connectivity index (χ3n) is 6.60. The smallest absolute Gasteiger partial charge is 0.318 e. The summed E-state index contributed by atoms with van der Waals surface area (Å²) in [6, 6.07) is 7.98. The second kappa shape index (κ2) is 6.79. The van der Waals surface area contributed by atoms with E-state index in [1.54, 1.807) is 0 Å².